The Morgan fingerprint density at radius 2 is 1.81 bits per heavy atom. The Kier molecular flexibility index (Phi) is 5.35. The summed E-state index contributed by atoms with van der Waals surface area (Å²) < 4.78 is 7.96. The second-order valence-electron chi connectivity index (χ2n) is 8.57. The molecular formula is C24H27N5O2. The molecule has 0 aliphatic carbocycles. The van der Waals surface area contributed by atoms with E-state index < -0.39 is 6.04 Å². The first kappa shape index (κ1) is 20.8. The minimum atomic E-state index is -0.450. The highest BCUT2D eigenvalue weighted by Gasteiger charge is 2.29. The average Bonchev–Trinajstić information content (AvgIpc) is 3.05. The highest BCUT2D eigenvalue weighted by molar-refractivity contribution is 6.15. The third kappa shape index (κ3) is 4.21. The number of carbonyl (C=O) groups excluding carboxylic acids is 1. The van der Waals surface area contributed by atoms with Gasteiger partial charge in [-0.2, -0.15) is 0 Å². The molecule has 4 rings (SSSR count). The number of aromatic nitrogens is 3. The first-order chi connectivity index (χ1) is 14.8. The average molecular weight is 418 g/mol. The minimum Gasteiger partial charge on any atom is -0.488 e. The summed E-state index contributed by atoms with van der Waals surface area (Å²) in [5, 5.41) is 11.3. The molecule has 1 aliphatic rings. The van der Waals surface area contributed by atoms with Crippen LogP contribution in [0.5, 0.6) is 5.75 Å². The van der Waals surface area contributed by atoms with Crippen LogP contribution in [-0.2, 0) is 4.79 Å². The molecule has 2 heterocycles. The molecule has 1 atom stereocenters. The number of ether oxygens (including phenoxy) is 1. The maximum absolute atomic E-state index is 12.2. The lowest BCUT2D eigenvalue weighted by Gasteiger charge is -2.21. The van der Waals surface area contributed by atoms with E-state index in [9.17, 15) is 4.79 Å². The van der Waals surface area contributed by atoms with E-state index in [-0.39, 0.29) is 17.9 Å². The molecule has 0 fully saturated rings. The predicted molar refractivity (Wildman–Crippen MR) is 120 cm³/mol. The van der Waals surface area contributed by atoms with Gasteiger partial charge in [0.25, 0.3) is 0 Å². The van der Waals surface area contributed by atoms with E-state index in [0.29, 0.717) is 5.82 Å². The fraction of sp³-hybridized carbons (Fsp3) is 0.333. The summed E-state index contributed by atoms with van der Waals surface area (Å²) in [6, 6.07) is 15.5. The van der Waals surface area contributed by atoms with Crippen molar-refractivity contribution in [1.29, 1.82) is 0 Å². The lowest BCUT2D eigenvalue weighted by atomic mass is 10.00. The molecule has 1 N–H and O–H groups in total. The van der Waals surface area contributed by atoms with Crippen molar-refractivity contribution in [2.24, 2.45) is 4.99 Å². The van der Waals surface area contributed by atoms with E-state index in [1.807, 2.05) is 80.8 Å². The Labute approximate surface area is 182 Å². The van der Waals surface area contributed by atoms with E-state index in [4.69, 9.17) is 9.73 Å². The second-order valence-corrected chi connectivity index (χ2v) is 8.57. The number of fused-ring (bicyclic) bond motifs is 3. The molecule has 1 amide bonds. The van der Waals surface area contributed by atoms with Gasteiger partial charge in [0.15, 0.2) is 5.82 Å². The molecule has 31 heavy (non-hydrogen) atoms. The molecule has 1 aliphatic heterocycles. The van der Waals surface area contributed by atoms with Gasteiger partial charge in [-0.3, -0.25) is 14.4 Å². The lowest BCUT2D eigenvalue weighted by Crippen LogP contribution is -2.23. The summed E-state index contributed by atoms with van der Waals surface area (Å²) in [5.74, 6) is 2.12. The quantitative estimate of drug-likeness (QED) is 0.700. The van der Waals surface area contributed by atoms with Gasteiger partial charge >= 0.3 is 0 Å². The number of rotatable bonds is 4. The Morgan fingerprint density at radius 3 is 2.48 bits per heavy atom. The summed E-state index contributed by atoms with van der Waals surface area (Å²) in [6.07, 6.45) is 0.192. The number of amides is 1. The van der Waals surface area contributed by atoms with Crippen molar-refractivity contribution >= 4 is 11.6 Å². The Balaban J connectivity index is 1.85. The van der Waals surface area contributed by atoms with Crippen LogP contribution < -0.4 is 10.1 Å². The van der Waals surface area contributed by atoms with Crippen LogP contribution in [0, 0.1) is 6.92 Å². The summed E-state index contributed by atoms with van der Waals surface area (Å²) in [4.78, 5) is 17.3. The summed E-state index contributed by atoms with van der Waals surface area (Å²) in [5.41, 5.74) is 3.42. The van der Waals surface area contributed by atoms with Crippen molar-refractivity contribution in [2.45, 2.75) is 45.8 Å². The van der Waals surface area contributed by atoms with Crippen LogP contribution >= 0.6 is 0 Å². The van der Waals surface area contributed by atoms with E-state index in [1.54, 1.807) is 7.05 Å². The molecule has 3 aromatic rings. The molecule has 160 valence electrons. The largest absolute Gasteiger partial charge is 0.488 e. The Hall–Kier alpha value is -3.48. The highest BCUT2D eigenvalue weighted by Crippen LogP contribution is 2.32. The van der Waals surface area contributed by atoms with E-state index in [0.717, 1.165) is 34.1 Å². The Bertz CT molecular complexity index is 1140. The van der Waals surface area contributed by atoms with Crippen LogP contribution in [-0.4, -0.2) is 39.0 Å². The molecule has 0 unspecified atom stereocenters. The first-order valence-corrected chi connectivity index (χ1v) is 10.4. The second kappa shape index (κ2) is 7.98. The fourth-order valence-electron chi connectivity index (χ4n) is 3.72. The highest BCUT2D eigenvalue weighted by atomic mass is 16.5. The number of benzene rings is 2. The number of para-hydroxylation sites is 1. The zero-order chi connectivity index (χ0) is 22.2. The predicted octanol–water partition coefficient (Wildman–Crippen LogP) is 3.78. The van der Waals surface area contributed by atoms with Crippen LogP contribution in [0.2, 0.25) is 0 Å². The molecule has 0 radical (unpaired) electrons. The van der Waals surface area contributed by atoms with Gasteiger partial charge in [0.1, 0.15) is 23.2 Å². The SMILES string of the molecule is CNC(=O)C[C@@H]1N=C(c2ccc(OC(C)(C)C)cc2)c2ccccc2-n2c(C)nnc21. The van der Waals surface area contributed by atoms with Gasteiger partial charge in [-0.15, -0.1) is 10.2 Å². The zero-order valence-electron chi connectivity index (χ0n) is 18.5. The van der Waals surface area contributed by atoms with Crippen molar-refractivity contribution < 1.29 is 9.53 Å². The third-order valence-corrected chi connectivity index (χ3v) is 5.04. The van der Waals surface area contributed by atoms with E-state index >= 15 is 0 Å². The van der Waals surface area contributed by atoms with Crippen LogP contribution in [0.1, 0.15) is 56.0 Å². The molecular weight excluding hydrogens is 390 g/mol. The van der Waals surface area contributed by atoms with E-state index in [1.165, 1.54) is 0 Å². The summed E-state index contributed by atoms with van der Waals surface area (Å²) >= 11 is 0. The smallest absolute Gasteiger partial charge is 0.222 e. The lowest BCUT2D eigenvalue weighted by molar-refractivity contribution is -0.121. The van der Waals surface area contributed by atoms with Crippen LogP contribution in [0.4, 0.5) is 0 Å². The number of hydrogen-bond donors (Lipinski definition) is 1. The molecule has 0 saturated carbocycles. The molecule has 0 bridgehead atoms. The van der Waals surface area contributed by atoms with Gasteiger partial charge in [-0.05, 0) is 58.0 Å². The van der Waals surface area contributed by atoms with Gasteiger partial charge in [-0.1, -0.05) is 18.2 Å². The van der Waals surface area contributed by atoms with Crippen LogP contribution in [0.15, 0.2) is 53.5 Å². The number of carbonyl (C=O) groups is 1. The maximum atomic E-state index is 12.2. The number of nitrogens with one attached hydrogen (secondary N) is 1. The normalized spacial score (nSPS) is 15.4. The monoisotopic (exact) mass is 417 g/mol. The third-order valence-electron chi connectivity index (χ3n) is 5.04. The Morgan fingerprint density at radius 1 is 1.10 bits per heavy atom. The standard InChI is InChI=1S/C24H27N5O2/c1-15-27-28-23-19(14-21(30)25-5)26-22(18-8-6-7-9-20(18)29(15)23)16-10-12-17(13-11-16)31-24(2,3)4/h6-13,19H,14H2,1-5H3,(H,25,30)/t19-/m0/s1. The zero-order valence-corrected chi connectivity index (χ0v) is 18.5. The van der Waals surface area contributed by atoms with Gasteiger partial charge in [-0.25, -0.2) is 0 Å². The molecule has 2 aromatic carbocycles. The number of nitrogens with zero attached hydrogens (tertiary/aromatic N) is 4. The summed E-state index contributed by atoms with van der Waals surface area (Å²) in [6.45, 7) is 7.98. The molecule has 7 nitrogen and oxygen atoms in total. The van der Waals surface area contributed by atoms with Gasteiger partial charge < -0.3 is 10.1 Å². The van der Waals surface area contributed by atoms with Crippen molar-refractivity contribution in [1.82, 2.24) is 20.1 Å². The number of aryl methyl sites for hydroxylation is 1. The molecule has 7 heteroatoms. The summed E-state index contributed by atoms with van der Waals surface area (Å²) in [7, 11) is 1.63. The van der Waals surface area contributed by atoms with Gasteiger partial charge in [0, 0.05) is 18.2 Å². The van der Waals surface area contributed by atoms with Crippen molar-refractivity contribution in [3.05, 3.63) is 71.3 Å². The van der Waals surface area contributed by atoms with Crippen molar-refractivity contribution in [3.8, 4) is 11.4 Å². The number of hydrogen-bond acceptors (Lipinski definition) is 5. The van der Waals surface area contributed by atoms with Crippen molar-refractivity contribution in [2.75, 3.05) is 7.05 Å². The van der Waals surface area contributed by atoms with Gasteiger partial charge in [0.05, 0.1) is 17.8 Å². The van der Waals surface area contributed by atoms with E-state index in [2.05, 4.69) is 15.5 Å². The minimum absolute atomic E-state index is 0.0971. The van der Waals surface area contributed by atoms with Crippen molar-refractivity contribution in [3.63, 3.8) is 0 Å². The molecule has 0 saturated heterocycles. The molecule has 0 spiro atoms. The maximum Gasteiger partial charge on any atom is 0.222 e. The fourth-order valence-corrected chi connectivity index (χ4v) is 3.72. The molecule has 1 aromatic heterocycles. The topological polar surface area (TPSA) is 81.4 Å². The number of aliphatic imine (C=N–C) groups is 1. The first-order valence-electron chi connectivity index (χ1n) is 10.4. The van der Waals surface area contributed by atoms with Crippen LogP contribution in [0.3, 0.4) is 0 Å². The van der Waals surface area contributed by atoms with Gasteiger partial charge in [0.2, 0.25) is 5.91 Å². The van der Waals surface area contributed by atoms with Crippen LogP contribution in [0.25, 0.3) is 5.69 Å².